The second kappa shape index (κ2) is 11.6. The van der Waals surface area contributed by atoms with Crippen molar-refractivity contribution in [1.82, 2.24) is 4.90 Å². The zero-order valence-electron chi connectivity index (χ0n) is 19.9. The van der Waals surface area contributed by atoms with Crippen LogP contribution in [0.3, 0.4) is 0 Å². The third-order valence-electron chi connectivity index (χ3n) is 5.27. The lowest BCUT2D eigenvalue weighted by atomic mass is 10.2. The molecule has 1 fully saturated rings. The number of rotatable bonds is 10. The van der Waals surface area contributed by atoms with E-state index in [1.54, 1.807) is 50.4 Å². The third kappa shape index (κ3) is 6.01. The predicted molar refractivity (Wildman–Crippen MR) is 137 cm³/mol. The minimum absolute atomic E-state index is 0.0992. The van der Waals surface area contributed by atoms with E-state index in [4.69, 9.17) is 9.47 Å². The van der Waals surface area contributed by atoms with Crippen LogP contribution in [0, 0.1) is 0 Å². The van der Waals surface area contributed by atoms with E-state index in [0.29, 0.717) is 29.6 Å². The normalized spacial score (nSPS) is 16.5. The Kier molecular flexibility index (Phi) is 8.79. The van der Waals surface area contributed by atoms with Crippen molar-refractivity contribution in [2.75, 3.05) is 20.3 Å². The van der Waals surface area contributed by atoms with Gasteiger partial charge in [-0.3, -0.25) is 9.69 Å². The lowest BCUT2D eigenvalue weighted by Crippen LogP contribution is -2.29. The van der Waals surface area contributed by atoms with Crippen LogP contribution in [-0.2, 0) is 21.2 Å². The summed E-state index contributed by atoms with van der Waals surface area (Å²) in [7, 11) is -2.38. The van der Waals surface area contributed by atoms with Gasteiger partial charge >= 0.3 is 0 Å². The van der Waals surface area contributed by atoms with Crippen molar-refractivity contribution in [3.05, 3.63) is 58.5 Å². The number of nitrogens with zero attached hydrogens (tertiary/aromatic N) is 2. The number of ether oxygens (including phenoxy) is 2. The monoisotopic (exact) mass is 502 g/mol. The van der Waals surface area contributed by atoms with E-state index in [1.807, 2.05) is 19.1 Å². The topological polar surface area (TPSA) is 85.3 Å². The molecule has 9 heteroatoms. The molecular formula is C25H30N2O5S2. The van der Waals surface area contributed by atoms with Gasteiger partial charge in [0.2, 0.25) is 0 Å². The van der Waals surface area contributed by atoms with Gasteiger partial charge in [0.1, 0.15) is 0 Å². The maximum Gasteiger partial charge on any atom is 0.284 e. The van der Waals surface area contributed by atoms with Crippen molar-refractivity contribution in [3.8, 4) is 11.5 Å². The van der Waals surface area contributed by atoms with Crippen LogP contribution in [0.5, 0.6) is 11.5 Å². The molecule has 34 heavy (non-hydrogen) atoms. The molecule has 7 nitrogen and oxygen atoms in total. The summed E-state index contributed by atoms with van der Waals surface area (Å²) in [4.78, 5) is 14.8. The Bertz CT molecular complexity index is 1190. The summed E-state index contributed by atoms with van der Waals surface area (Å²) in [6.45, 7) is 6.78. The zero-order valence-corrected chi connectivity index (χ0v) is 21.5. The molecule has 0 spiro atoms. The number of sulfonamides is 1. The Balaban J connectivity index is 1.88. The molecular weight excluding hydrogens is 472 g/mol. The van der Waals surface area contributed by atoms with Crippen molar-refractivity contribution >= 4 is 38.9 Å². The minimum atomic E-state index is -3.95. The van der Waals surface area contributed by atoms with E-state index >= 15 is 0 Å². The van der Waals surface area contributed by atoms with E-state index in [2.05, 4.69) is 11.3 Å². The molecule has 2 aromatic carbocycles. The molecule has 0 aromatic heterocycles. The molecule has 1 aliphatic heterocycles. The van der Waals surface area contributed by atoms with E-state index in [0.717, 1.165) is 42.2 Å². The summed E-state index contributed by atoms with van der Waals surface area (Å²) in [5.41, 5.74) is 1.78. The van der Waals surface area contributed by atoms with Crippen molar-refractivity contribution in [2.45, 2.75) is 44.9 Å². The number of hydrogen-bond acceptors (Lipinski definition) is 6. The van der Waals surface area contributed by atoms with Crippen LogP contribution in [0.25, 0.3) is 6.08 Å². The Morgan fingerprint density at radius 3 is 2.41 bits per heavy atom. The summed E-state index contributed by atoms with van der Waals surface area (Å²) < 4.78 is 40.9. The highest BCUT2D eigenvalue weighted by molar-refractivity contribution is 8.19. The number of carbonyl (C=O) groups excluding carboxylic acids is 1. The van der Waals surface area contributed by atoms with Gasteiger partial charge in [-0.15, -0.1) is 4.40 Å². The number of aryl methyl sites for hydroxylation is 1. The van der Waals surface area contributed by atoms with Crippen LogP contribution < -0.4 is 9.47 Å². The van der Waals surface area contributed by atoms with Gasteiger partial charge in [0.05, 0.1) is 23.5 Å². The quantitative estimate of drug-likeness (QED) is 0.331. The molecule has 0 bridgehead atoms. The maximum atomic E-state index is 13.0. The summed E-state index contributed by atoms with van der Waals surface area (Å²) in [5, 5.41) is 0.143. The molecule has 0 radical (unpaired) electrons. The summed E-state index contributed by atoms with van der Waals surface area (Å²) >= 11 is 1.05. The van der Waals surface area contributed by atoms with Gasteiger partial charge in [-0.05, 0) is 73.0 Å². The SMILES string of the molecule is CCCCOc1ccc(/C=C2\S/C(=N/S(=O)(=O)c3ccc(CC)cc3)N(CC)C2=O)cc1OC. The van der Waals surface area contributed by atoms with Gasteiger partial charge in [0.25, 0.3) is 15.9 Å². The van der Waals surface area contributed by atoms with Crippen molar-refractivity contribution in [1.29, 1.82) is 0 Å². The summed E-state index contributed by atoms with van der Waals surface area (Å²) in [6.07, 6.45) is 4.50. The molecule has 3 rings (SSSR count). The second-order valence-corrected chi connectivity index (χ2v) is 10.2. The highest BCUT2D eigenvalue weighted by atomic mass is 32.2. The number of amides is 1. The summed E-state index contributed by atoms with van der Waals surface area (Å²) in [6, 6.07) is 12.1. The lowest BCUT2D eigenvalue weighted by Gasteiger charge is -2.12. The number of amidine groups is 1. The second-order valence-electron chi connectivity index (χ2n) is 7.62. The average molecular weight is 503 g/mol. The van der Waals surface area contributed by atoms with Gasteiger partial charge in [-0.1, -0.05) is 38.5 Å². The van der Waals surface area contributed by atoms with Crippen LogP contribution >= 0.6 is 11.8 Å². The van der Waals surface area contributed by atoms with Gasteiger partial charge in [-0.2, -0.15) is 8.42 Å². The van der Waals surface area contributed by atoms with E-state index < -0.39 is 10.0 Å². The fraction of sp³-hybridized carbons (Fsp3) is 0.360. The number of methoxy groups -OCH3 is 1. The van der Waals surface area contributed by atoms with Gasteiger partial charge in [0, 0.05) is 6.54 Å². The molecule has 1 aliphatic rings. The molecule has 0 N–H and O–H groups in total. The first-order valence-corrected chi connectivity index (χ1v) is 13.5. The van der Waals surface area contributed by atoms with E-state index in [9.17, 15) is 13.2 Å². The van der Waals surface area contributed by atoms with Gasteiger partial charge < -0.3 is 9.47 Å². The first-order chi connectivity index (χ1) is 16.3. The Morgan fingerprint density at radius 1 is 1.06 bits per heavy atom. The number of likely N-dealkylation sites (N-methyl/N-ethyl adjacent to an activating group) is 1. The molecule has 1 heterocycles. The largest absolute Gasteiger partial charge is 0.493 e. The highest BCUT2D eigenvalue weighted by Gasteiger charge is 2.34. The van der Waals surface area contributed by atoms with Gasteiger partial charge in [0.15, 0.2) is 16.7 Å². The van der Waals surface area contributed by atoms with E-state index in [1.165, 1.54) is 4.90 Å². The molecule has 0 unspecified atom stereocenters. The van der Waals surface area contributed by atoms with Crippen LogP contribution in [0.15, 0.2) is 56.7 Å². The number of unbranched alkanes of at least 4 members (excludes halogenated alkanes) is 1. The molecule has 1 saturated heterocycles. The van der Waals surface area contributed by atoms with Crippen molar-refractivity contribution in [3.63, 3.8) is 0 Å². The maximum absolute atomic E-state index is 13.0. The van der Waals surface area contributed by atoms with Gasteiger partial charge in [-0.25, -0.2) is 0 Å². The Hall–Kier alpha value is -2.78. The molecule has 2 aromatic rings. The van der Waals surface area contributed by atoms with Crippen LogP contribution in [0.2, 0.25) is 0 Å². The van der Waals surface area contributed by atoms with E-state index in [-0.39, 0.29) is 16.0 Å². The van der Waals surface area contributed by atoms with Crippen LogP contribution in [0.1, 0.15) is 44.7 Å². The molecule has 182 valence electrons. The number of thioether (sulfide) groups is 1. The standard InChI is InChI=1S/C25H30N2O5S2/c1-5-8-15-32-21-14-11-19(16-22(21)31-4)17-23-24(28)27(7-3)25(33-23)26-34(29,30)20-12-9-18(6-2)10-13-20/h9-14,16-17H,5-8,15H2,1-4H3/b23-17-,26-25+. The summed E-state index contributed by atoms with van der Waals surface area (Å²) in [5.74, 6) is 0.923. The number of carbonyl (C=O) groups is 1. The minimum Gasteiger partial charge on any atom is -0.493 e. The molecule has 0 atom stereocenters. The predicted octanol–water partition coefficient (Wildman–Crippen LogP) is 5.12. The Morgan fingerprint density at radius 2 is 1.79 bits per heavy atom. The molecule has 0 aliphatic carbocycles. The first-order valence-electron chi connectivity index (χ1n) is 11.3. The third-order valence-corrected chi connectivity index (χ3v) is 7.68. The van der Waals surface area contributed by atoms with Crippen LogP contribution in [0.4, 0.5) is 0 Å². The highest BCUT2D eigenvalue weighted by Crippen LogP contribution is 2.35. The molecule has 0 saturated carbocycles. The average Bonchev–Trinajstić information content (AvgIpc) is 3.12. The van der Waals surface area contributed by atoms with Crippen molar-refractivity contribution in [2.24, 2.45) is 4.40 Å². The van der Waals surface area contributed by atoms with Crippen molar-refractivity contribution < 1.29 is 22.7 Å². The molecule has 1 amide bonds. The fourth-order valence-electron chi connectivity index (χ4n) is 3.28. The number of benzene rings is 2. The smallest absolute Gasteiger partial charge is 0.284 e. The lowest BCUT2D eigenvalue weighted by molar-refractivity contribution is -0.122. The first kappa shape index (κ1) is 25.8. The Labute approximate surface area is 205 Å². The number of hydrogen-bond donors (Lipinski definition) is 0. The zero-order chi connectivity index (χ0) is 24.7. The van der Waals surface area contributed by atoms with Crippen LogP contribution in [-0.4, -0.2) is 44.7 Å². The fourth-order valence-corrected chi connectivity index (χ4v) is 5.52.